The number of imidazole rings is 1. The summed E-state index contributed by atoms with van der Waals surface area (Å²) in [6.45, 7) is 6.94. The zero-order valence-corrected chi connectivity index (χ0v) is 13.5. The van der Waals surface area contributed by atoms with Crippen molar-refractivity contribution in [1.29, 1.82) is 0 Å². The third-order valence-electron chi connectivity index (χ3n) is 4.05. The third-order valence-corrected chi connectivity index (χ3v) is 4.84. The lowest BCUT2D eigenvalue weighted by molar-refractivity contribution is 0.476. The van der Waals surface area contributed by atoms with E-state index in [0.29, 0.717) is 0 Å². The van der Waals surface area contributed by atoms with Gasteiger partial charge in [0.25, 0.3) is 0 Å². The van der Waals surface area contributed by atoms with Crippen LogP contribution in [0.2, 0.25) is 0 Å². The van der Waals surface area contributed by atoms with Crippen LogP contribution >= 0.6 is 11.3 Å². The molecule has 0 saturated carbocycles. The van der Waals surface area contributed by atoms with E-state index in [1.165, 1.54) is 5.69 Å². The van der Waals surface area contributed by atoms with Gasteiger partial charge in [0, 0.05) is 30.9 Å². The standard InChI is InChI=1S/C15H18N6S/c1-10(14-9-22-11(2)18-14)20-5-4-17-15(20)13-7-12-8-16-3-6-21(12)19-13/h4-5,7,9-10,16H,3,6,8H2,1-2H3. The van der Waals surface area contributed by atoms with E-state index in [2.05, 4.69) is 42.9 Å². The van der Waals surface area contributed by atoms with Crippen molar-refractivity contribution in [1.82, 2.24) is 29.6 Å². The first-order valence-electron chi connectivity index (χ1n) is 7.45. The third kappa shape index (κ3) is 2.26. The van der Waals surface area contributed by atoms with E-state index in [1.54, 1.807) is 11.3 Å². The van der Waals surface area contributed by atoms with Crippen molar-refractivity contribution in [3.8, 4) is 11.5 Å². The fraction of sp³-hybridized carbons (Fsp3) is 0.400. The molecule has 1 N–H and O–H groups in total. The van der Waals surface area contributed by atoms with Gasteiger partial charge in [-0.25, -0.2) is 9.97 Å². The van der Waals surface area contributed by atoms with Gasteiger partial charge < -0.3 is 9.88 Å². The van der Waals surface area contributed by atoms with E-state index in [9.17, 15) is 0 Å². The molecule has 4 rings (SSSR count). The second kappa shape index (κ2) is 5.33. The fourth-order valence-corrected chi connectivity index (χ4v) is 3.54. The molecule has 1 aliphatic heterocycles. The van der Waals surface area contributed by atoms with Crippen molar-refractivity contribution in [3.63, 3.8) is 0 Å². The number of fused-ring (bicyclic) bond motifs is 1. The van der Waals surface area contributed by atoms with Crippen LogP contribution in [0.1, 0.15) is 29.4 Å². The number of thiazole rings is 1. The highest BCUT2D eigenvalue weighted by Crippen LogP contribution is 2.26. The van der Waals surface area contributed by atoms with Gasteiger partial charge in [-0.3, -0.25) is 4.68 Å². The van der Waals surface area contributed by atoms with Gasteiger partial charge in [-0.1, -0.05) is 0 Å². The van der Waals surface area contributed by atoms with Gasteiger partial charge in [0.05, 0.1) is 29.0 Å². The summed E-state index contributed by atoms with van der Waals surface area (Å²) >= 11 is 1.68. The maximum atomic E-state index is 4.71. The van der Waals surface area contributed by atoms with Crippen molar-refractivity contribution < 1.29 is 0 Å². The molecule has 0 spiro atoms. The number of hydrogen-bond acceptors (Lipinski definition) is 5. The van der Waals surface area contributed by atoms with Gasteiger partial charge in [-0.15, -0.1) is 11.3 Å². The number of aryl methyl sites for hydroxylation is 1. The van der Waals surface area contributed by atoms with Crippen LogP contribution in [0.25, 0.3) is 11.5 Å². The number of hydrogen-bond donors (Lipinski definition) is 1. The van der Waals surface area contributed by atoms with Gasteiger partial charge in [0.1, 0.15) is 5.69 Å². The van der Waals surface area contributed by atoms with Gasteiger partial charge in [0.15, 0.2) is 5.82 Å². The zero-order chi connectivity index (χ0) is 15.1. The molecule has 3 aromatic heterocycles. The normalized spacial score (nSPS) is 15.7. The summed E-state index contributed by atoms with van der Waals surface area (Å²) in [5.74, 6) is 0.903. The Balaban J connectivity index is 1.72. The minimum atomic E-state index is 0.152. The van der Waals surface area contributed by atoms with Crippen molar-refractivity contribution >= 4 is 11.3 Å². The molecule has 0 saturated heterocycles. The summed E-state index contributed by atoms with van der Waals surface area (Å²) < 4.78 is 4.22. The quantitative estimate of drug-likeness (QED) is 0.805. The van der Waals surface area contributed by atoms with E-state index < -0.39 is 0 Å². The van der Waals surface area contributed by atoms with Crippen LogP contribution in [-0.2, 0) is 13.1 Å². The molecule has 0 aromatic carbocycles. The van der Waals surface area contributed by atoms with E-state index in [0.717, 1.165) is 41.9 Å². The molecule has 1 atom stereocenters. The van der Waals surface area contributed by atoms with Crippen molar-refractivity contribution in [2.75, 3.05) is 6.54 Å². The Morgan fingerprint density at radius 3 is 3.09 bits per heavy atom. The monoisotopic (exact) mass is 314 g/mol. The molecule has 4 heterocycles. The first kappa shape index (κ1) is 13.7. The first-order chi connectivity index (χ1) is 10.7. The highest BCUT2D eigenvalue weighted by molar-refractivity contribution is 7.09. The lowest BCUT2D eigenvalue weighted by atomic mass is 10.2. The highest BCUT2D eigenvalue weighted by Gasteiger charge is 2.19. The average Bonchev–Trinajstić information content (AvgIpc) is 3.24. The molecule has 6 nitrogen and oxygen atoms in total. The van der Waals surface area contributed by atoms with Crippen LogP contribution in [0.5, 0.6) is 0 Å². The van der Waals surface area contributed by atoms with Crippen LogP contribution in [-0.4, -0.2) is 30.9 Å². The van der Waals surface area contributed by atoms with E-state index in [4.69, 9.17) is 5.10 Å². The Hall–Kier alpha value is -1.99. The summed E-state index contributed by atoms with van der Waals surface area (Å²) in [5.41, 5.74) is 3.22. The number of nitrogens with zero attached hydrogens (tertiary/aromatic N) is 5. The molecule has 0 aliphatic carbocycles. The molecular weight excluding hydrogens is 296 g/mol. The predicted octanol–water partition coefficient (Wildman–Crippen LogP) is 2.22. The van der Waals surface area contributed by atoms with Crippen LogP contribution in [0.3, 0.4) is 0 Å². The maximum Gasteiger partial charge on any atom is 0.161 e. The number of aromatic nitrogens is 5. The Morgan fingerprint density at radius 2 is 2.32 bits per heavy atom. The molecule has 0 fully saturated rings. The highest BCUT2D eigenvalue weighted by atomic mass is 32.1. The molecule has 3 aromatic rings. The van der Waals surface area contributed by atoms with Crippen LogP contribution < -0.4 is 5.32 Å². The van der Waals surface area contributed by atoms with E-state index >= 15 is 0 Å². The Kier molecular flexibility index (Phi) is 3.31. The second-order valence-corrected chi connectivity index (χ2v) is 6.61. The summed E-state index contributed by atoms with van der Waals surface area (Å²) in [6, 6.07) is 2.28. The predicted molar refractivity (Wildman–Crippen MR) is 85.8 cm³/mol. The van der Waals surface area contributed by atoms with Crippen LogP contribution in [0, 0.1) is 6.92 Å². The molecular formula is C15H18N6S. The molecule has 22 heavy (non-hydrogen) atoms. The van der Waals surface area contributed by atoms with E-state index in [1.807, 2.05) is 19.3 Å². The van der Waals surface area contributed by atoms with Gasteiger partial charge in [-0.05, 0) is 19.9 Å². The van der Waals surface area contributed by atoms with Crippen molar-refractivity contribution in [2.24, 2.45) is 0 Å². The van der Waals surface area contributed by atoms with Crippen molar-refractivity contribution in [2.45, 2.75) is 33.0 Å². The minimum Gasteiger partial charge on any atom is -0.321 e. The Morgan fingerprint density at radius 1 is 1.41 bits per heavy atom. The van der Waals surface area contributed by atoms with Gasteiger partial charge in [0.2, 0.25) is 0 Å². The molecule has 7 heteroatoms. The topological polar surface area (TPSA) is 60.6 Å². The van der Waals surface area contributed by atoms with Crippen molar-refractivity contribution in [3.05, 3.63) is 40.2 Å². The zero-order valence-electron chi connectivity index (χ0n) is 12.7. The lowest BCUT2D eigenvalue weighted by Crippen LogP contribution is -2.28. The molecule has 0 amide bonds. The molecule has 114 valence electrons. The van der Waals surface area contributed by atoms with Gasteiger partial charge in [-0.2, -0.15) is 5.10 Å². The van der Waals surface area contributed by atoms with Crippen LogP contribution in [0.15, 0.2) is 23.8 Å². The SMILES string of the molecule is Cc1nc(C(C)n2ccnc2-c2cc3n(n2)CCNC3)cs1. The number of rotatable bonds is 3. The number of nitrogens with one attached hydrogen (secondary N) is 1. The maximum absolute atomic E-state index is 4.71. The fourth-order valence-electron chi connectivity index (χ4n) is 2.84. The molecule has 0 bridgehead atoms. The summed E-state index contributed by atoms with van der Waals surface area (Å²) in [7, 11) is 0. The molecule has 1 aliphatic rings. The van der Waals surface area contributed by atoms with Gasteiger partial charge >= 0.3 is 0 Å². The summed E-state index contributed by atoms with van der Waals surface area (Å²) in [4.78, 5) is 9.13. The van der Waals surface area contributed by atoms with E-state index in [-0.39, 0.29) is 6.04 Å². The Bertz CT molecular complexity index is 775. The molecule has 1 unspecified atom stereocenters. The first-order valence-corrected chi connectivity index (χ1v) is 8.33. The average molecular weight is 314 g/mol. The smallest absolute Gasteiger partial charge is 0.161 e. The summed E-state index contributed by atoms with van der Waals surface area (Å²) in [5, 5.41) is 11.3. The second-order valence-electron chi connectivity index (χ2n) is 5.55. The largest absolute Gasteiger partial charge is 0.321 e. The molecule has 0 radical (unpaired) electrons. The minimum absolute atomic E-state index is 0.152. The Labute approximate surface area is 132 Å². The lowest BCUT2D eigenvalue weighted by Gasteiger charge is -2.14. The summed E-state index contributed by atoms with van der Waals surface area (Å²) in [6.07, 6.45) is 3.84. The van der Waals surface area contributed by atoms with Crippen LogP contribution in [0.4, 0.5) is 0 Å².